The Hall–Kier alpha value is -2.57. The number of urea groups is 1. The van der Waals surface area contributed by atoms with Crippen molar-refractivity contribution in [2.75, 3.05) is 25.0 Å². The highest BCUT2D eigenvalue weighted by atomic mass is 16.5. The molecule has 1 heterocycles. The predicted molar refractivity (Wildman–Crippen MR) is 83.4 cm³/mol. The number of ether oxygens (including phenoxy) is 1. The van der Waals surface area contributed by atoms with Gasteiger partial charge in [-0.1, -0.05) is 0 Å². The Balaban J connectivity index is 1.96. The van der Waals surface area contributed by atoms with Crippen molar-refractivity contribution in [3.63, 3.8) is 0 Å². The molecule has 2 amide bonds. The average molecular weight is 320 g/mol. The van der Waals surface area contributed by atoms with Gasteiger partial charge in [0.05, 0.1) is 17.6 Å². The van der Waals surface area contributed by atoms with Crippen molar-refractivity contribution in [2.45, 2.75) is 20.3 Å². The van der Waals surface area contributed by atoms with Crippen LogP contribution in [0.15, 0.2) is 24.3 Å². The van der Waals surface area contributed by atoms with Crippen molar-refractivity contribution in [1.82, 2.24) is 4.90 Å². The van der Waals surface area contributed by atoms with Crippen LogP contribution in [0.25, 0.3) is 0 Å². The molecule has 0 saturated carbocycles. The highest BCUT2D eigenvalue weighted by molar-refractivity contribution is 5.92. The number of nitrogens with zero attached hydrogens (tertiary/aromatic N) is 1. The van der Waals surface area contributed by atoms with E-state index < -0.39 is 17.4 Å². The van der Waals surface area contributed by atoms with Crippen molar-refractivity contribution < 1.29 is 24.2 Å². The molecule has 1 fully saturated rings. The number of anilines is 1. The van der Waals surface area contributed by atoms with Gasteiger partial charge in [-0.15, -0.1) is 0 Å². The molecule has 124 valence electrons. The molecule has 1 aliphatic rings. The largest absolute Gasteiger partial charge is 0.481 e. The second-order valence-electron chi connectivity index (χ2n) is 5.77. The third-order valence-electron chi connectivity index (χ3n) is 3.92. The zero-order valence-corrected chi connectivity index (χ0v) is 13.2. The number of amides is 2. The lowest BCUT2D eigenvalue weighted by atomic mass is 9.90. The highest BCUT2D eigenvalue weighted by Gasteiger charge is 2.42. The van der Waals surface area contributed by atoms with Gasteiger partial charge in [0.15, 0.2) is 0 Å². The number of carbonyl (C=O) groups excluding carboxylic acids is 2. The van der Waals surface area contributed by atoms with Crippen molar-refractivity contribution >= 4 is 23.7 Å². The number of carboxylic acid groups (broad SMARTS) is 1. The monoisotopic (exact) mass is 320 g/mol. The van der Waals surface area contributed by atoms with Crippen LogP contribution in [0.2, 0.25) is 0 Å². The summed E-state index contributed by atoms with van der Waals surface area (Å²) >= 11 is 0. The summed E-state index contributed by atoms with van der Waals surface area (Å²) in [6.45, 7) is 4.24. The Bertz CT molecular complexity index is 613. The van der Waals surface area contributed by atoms with Gasteiger partial charge in [-0.25, -0.2) is 9.59 Å². The van der Waals surface area contributed by atoms with Gasteiger partial charge in [0.25, 0.3) is 0 Å². The molecule has 23 heavy (non-hydrogen) atoms. The first-order valence-corrected chi connectivity index (χ1v) is 7.42. The molecule has 7 heteroatoms. The number of carbonyl (C=O) groups is 3. The number of likely N-dealkylation sites (tertiary alicyclic amines) is 1. The summed E-state index contributed by atoms with van der Waals surface area (Å²) in [5.74, 6) is -1.31. The normalized spacial score (nSPS) is 20.2. The minimum Gasteiger partial charge on any atom is -0.481 e. The molecule has 1 atom stereocenters. The fraction of sp³-hybridized carbons (Fsp3) is 0.438. The van der Waals surface area contributed by atoms with Crippen LogP contribution in [0.5, 0.6) is 0 Å². The fourth-order valence-electron chi connectivity index (χ4n) is 2.42. The van der Waals surface area contributed by atoms with E-state index in [0.29, 0.717) is 30.8 Å². The Labute approximate surface area is 134 Å². The molecule has 2 rings (SSSR count). The molecule has 1 aliphatic heterocycles. The van der Waals surface area contributed by atoms with Crippen LogP contribution >= 0.6 is 0 Å². The second-order valence-corrected chi connectivity index (χ2v) is 5.77. The van der Waals surface area contributed by atoms with E-state index in [-0.39, 0.29) is 12.6 Å². The number of carboxylic acids is 1. The summed E-state index contributed by atoms with van der Waals surface area (Å²) in [5, 5.41) is 11.9. The van der Waals surface area contributed by atoms with E-state index >= 15 is 0 Å². The van der Waals surface area contributed by atoms with Crippen LogP contribution in [-0.2, 0) is 9.53 Å². The fourth-order valence-corrected chi connectivity index (χ4v) is 2.42. The molecular formula is C16H20N2O5. The maximum Gasteiger partial charge on any atom is 0.338 e. The summed E-state index contributed by atoms with van der Waals surface area (Å²) in [7, 11) is 0. The molecular weight excluding hydrogens is 300 g/mol. The summed E-state index contributed by atoms with van der Waals surface area (Å²) in [6, 6.07) is 6.00. The Kier molecular flexibility index (Phi) is 4.88. The van der Waals surface area contributed by atoms with Gasteiger partial charge < -0.3 is 20.1 Å². The quantitative estimate of drug-likeness (QED) is 0.829. The summed E-state index contributed by atoms with van der Waals surface area (Å²) in [6.07, 6.45) is 0.428. The molecule has 1 aromatic rings. The van der Waals surface area contributed by atoms with Gasteiger partial charge in [0, 0.05) is 18.8 Å². The lowest BCUT2D eigenvalue weighted by Crippen LogP contribution is -2.37. The number of rotatable bonds is 4. The smallest absolute Gasteiger partial charge is 0.338 e. The van der Waals surface area contributed by atoms with Crippen molar-refractivity contribution in [3.8, 4) is 0 Å². The first-order chi connectivity index (χ1) is 10.9. The van der Waals surface area contributed by atoms with E-state index in [2.05, 4.69) is 5.32 Å². The third-order valence-corrected chi connectivity index (χ3v) is 3.92. The second kappa shape index (κ2) is 6.68. The Morgan fingerprint density at radius 3 is 2.48 bits per heavy atom. The Morgan fingerprint density at radius 1 is 1.30 bits per heavy atom. The molecule has 0 aliphatic carbocycles. The molecule has 0 bridgehead atoms. The van der Waals surface area contributed by atoms with Gasteiger partial charge in [-0.2, -0.15) is 0 Å². The van der Waals surface area contributed by atoms with Crippen LogP contribution in [0.4, 0.5) is 10.5 Å². The van der Waals surface area contributed by atoms with E-state index in [4.69, 9.17) is 4.74 Å². The van der Waals surface area contributed by atoms with Gasteiger partial charge in [-0.05, 0) is 44.5 Å². The Morgan fingerprint density at radius 2 is 1.96 bits per heavy atom. The zero-order chi connectivity index (χ0) is 17.0. The number of esters is 1. The van der Waals surface area contributed by atoms with Crippen LogP contribution in [-0.4, -0.2) is 47.7 Å². The molecule has 0 aromatic heterocycles. The van der Waals surface area contributed by atoms with Gasteiger partial charge >= 0.3 is 18.0 Å². The van der Waals surface area contributed by atoms with Crippen molar-refractivity contribution in [2.24, 2.45) is 5.41 Å². The van der Waals surface area contributed by atoms with Gasteiger partial charge in [0.2, 0.25) is 0 Å². The number of hydrogen-bond donors (Lipinski definition) is 2. The molecule has 1 aromatic carbocycles. The molecule has 1 unspecified atom stereocenters. The van der Waals surface area contributed by atoms with E-state index in [0.717, 1.165) is 0 Å². The zero-order valence-electron chi connectivity index (χ0n) is 13.2. The molecule has 2 N–H and O–H groups in total. The van der Waals surface area contributed by atoms with Crippen molar-refractivity contribution in [3.05, 3.63) is 29.8 Å². The predicted octanol–water partition coefficient (Wildman–Crippen LogP) is 2.19. The van der Waals surface area contributed by atoms with Crippen LogP contribution in [0.1, 0.15) is 30.6 Å². The maximum atomic E-state index is 12.2. The van der Waals surface area contributed by atoms with Crippen LogP contribution in [0, 0.1) is 5.41 Å². The van der Waals surface area contributed by atoms with Gasteiger partial charge in [0.1, 0.15) is 0 Å². The SMILES string of the molecule is CCOC(=O)c1ccc(NC(=O)N2CCC(C)(C(=O)O)C2)cc1. The minimum absolute atomic E-state index is 0.176. The number of benzene rings is 1. The third kappa shape index (κ3) is 3.80. The first-order valence-electron chi connectivity index (χ1n) is 7.42. The summed E-state index contributed by atoms with van der Waals surface area (Å²) in [5.41, 5.74) is 0.0434. The molecule has 1 saturated heterocycles. The lowest BCUT2D eigenvalue weighted by molar-refractivity contribution is -0.146. The number of hydrogen-bond acceptors (Lipinski definition) is 4. The lowest BCUT2D eigenvalue weighted by Gasteiger charge is -2.20. The highest BCUT2D eigenvalue weighted by Crippen LogP contribution is 2.30. The van der Waals surface area contributed by atoms with E-state index in [1.54, 1.807) is 38.1 Å². The molecule has 0 spiro atoms. The summed E-state index contributed by atoms with van der Waals surface area (Å²) < 4.78 is 4.89. The minimum atomic E-state index is -0.898. The van der Waals surface area contributed by atoms with Crippen molar-refractivity contribution in [1.29, 1.82) is 0 Å². The average Bonchev–Trinajstić information content (AvgIpc) is 2.92. The molecule has 7 nitrogen and oxygen atoms in total. The first kappa shape index (κ1) is 16.8. The van der Waals surface area contributed by atoms with E-state index in [9.17, 15) is 19.5 Å². The van der Waals surface area contributed by atoms with E-state index in [1.807, 2.05) is 0 Å². The molecule has 0 radical (unpaired) electrons. The van der Waals surface area contributed by atoms with Gasteiger partial charge in [-0.3, -0.25) is 4.79 Å². The standard InChI is InChI=1S/C16H20N2O5/c1-3-23-13(19)11-4-6-12(7-5-11)17-15(22)18-9-8-16(2,10-18)14(20)21/h4-7H,3,8-10H2,1-2H3,(H,17,22)(H,20,21). The maximum absolute atomic E-state index is 12.2. The number of nitrogens with one attached hydrogen (secondary N) is 1. The van der Waals surface area contributed by atoms with Crippen LogP contribution < -0.4 is 5.32 Å². The van der Waals surface area contributed by atoms with Crippen LogP contribution in [0.3, 0.4) is 0 Å². The topological polar surface area (TPSA) is 95.9 Å². The number of aliphatic carboxylic acids is 1. The van der Waals surface area contributed by atoms with E-state index in [1.165, 1.54) is 4.90 Å². The summed E-state index contributed by atoms with van der Waals surface area (Å²) in [4.78, 5) is 36.4.